The van der Waals surface area contributed by atoms with Crippen LogP contribution in [0.25, 0.3) is 0 Å². The molecule has 0 aliphatic rings. The Labute approximate surface area is 79.7 Å². The molecule has 0 aliphatic heterocycles. The number of hydrogen-bond donors (Lipinski definition) is 3. The highest BCUT2D eigenvalue weighted by Crippen LogP contribution is 2.09. The molecular weight excluding hydrogens is 168 g/mol. The van der Waals surface area contributed by atoms with Gasteiger partial charge in [0.1, 0.15) is 6.04 Å². The van der Waals surface area contributed by atoms with Crippen LogP contribution >= 0.6 is 0 Å². The van der Waals surface area contributed by atoms with E-state index < -0.39 is 12.0 Å². The van der Waals surface area contributed by atoms with Gasteiger partial charge in [0, 0.05) is 0 Å². The van der Waals surface area contributed by atoms with Crippen molar-refractivity contribution in [3.05, 3.63) is 0 Å². The maximum absolute atomic E-state index is 10.7. The topological polar surface area (TPSA) is 61.4 Å². The minimum atomic E-state index is -0.767. The van der Waals surface area contributed by atoms with Crippen LogP contribution in [0.1, 0.15) is 19.8 Å². The van der Waals surface area contributed by atoms with Gasteiger partial charge in [0.15, 0.2) is 0 Å². The lowest BCUT2D eigenvalue weighted by atomic mass is 9.97. The van der Waals surface area contributed by atoms with Crippen molar-refractivity contribution in [2.45, 2.75) is 25.8 Å². The molecule has 0 aromatic heterocycles. The van der Waals surface area contributed by atoms with Crippen LogP contribution in [-0.2, 0) is 4.79 Å². The minimum absolute atomic E-state index is 0.418. The summed E-state index contributed by atoms with van der Waals surface area (Å²) in [6, 6.07) is -0.418. The molecule has 2 atom stereocenters. The van der Waals surface area contributed by atoms with Gasteiger partial charge in [-0.1, -0.05) is 13.3 Å². The maximum Gasteiger partial charge on any atom is 0.320 e. The van der Waals surface area contributed by atoms with Crippen molar-refractivity contribution in [3.8, 4) is 0 Å². The maximum atomic E-state index is 10.7. The average molecular weight is 188 g/mol. The van der Waals surface area contributed by atoms with E-state index in [0.29, 0.717) is 12.3 Å². The second kappa shape index (κ2) is 6.86. The second-order valence-corrected chi connectivity index (χ2v) is 3.25. The van der Waals surface area contributed by atoms with E-state index in [0.717, 1.165) is 13.0 Å². The van der Waals surface area contributed by atoms with Gasteiger partial charge in [0.05, 0.1) is 0 Å². The average Bonchev–Trinajstić information content (AvgIpc) is 2.11. The van der Waals surface area contributed by atoms with Crippen LogP contribution in [0.3, 0.4) is 0 Å². The summed E-state index contributed by atoms with van der Waals surface area (Å²) >= 11 is 0. The normalized spacial score (nSPS) is 15.3. The molecule has 78 valence electrons. The Hall–Kier alpha value is -0.610. The number of carboxylic acids is 1. The molecular formula is C9H20N2O2. The number of carbonyl (C=O) groups is 1. The third-order valence-corrected chi connectivity index (χ3v) is 2.29. The van der Waals surface area contributed by atoms with Crippen LogP contribution in [0.15, 0.2) is 0 Å². The fraction of sp³-hybridized carbons (Fsp3) is 0.889. The Morgan fingerprint density at radius 3 is 2.38 bits per heavy atom. The molecule has 0 saturated heterocycles. The van der Waals surface area contributed by atoms with E-state index >= 15 is 0 Å². The van der Waals surface area contributed by atoms with Gasteiger partial charge in [-0.3, -0.25) is 4.79 Å². The summed E-state index contributed by atoms with van der Waals surface area (Å²) in [6.07, 6.45) is 1.69. The molecule has 0 spiro atoms. The van der Waals surface area contributed by atoms with E-state index in [2.05, 4.69) is 17.6 Å². The van der Waals surface area contributed by atoms with Gasteiger partial charge in [-0.25, -0.2) is 0 Å². The third-order valence-electron chi connectivity index (χ3n) is 2.29. The highest BCUT2D eigenvalue weighted by molar-refractivity contribution is 5.73. The first-order valence-corrected chi connectivity index (χ1v) is 4.70. The number of carboxylic acid groups (broad SMARTS) is 1. The summed E-state index contributed by atoms with van der Waals surface area (Å²) in [7, 11) is 3.57. The molecule has 3 N–H and O–H groups in total. The zero-order chi connectivity index (χ0) is 10.3. The summed E-state index contributed by atoms with van der Waals surface area (Å²) in [4.78, 5) is 10.7. The molecule has 0 radical (unpaired) electrons. The van der Waals surface area contributed by atoms with Gasteiger partial charge in [-0.15, -0.1) is 0 Å². The van der Waals surface area contributed by atoms with E-state index in [9.17, 15) is 4.79 Å². The second-order valence-electron chi connectivity index (χ2n) is 3.25. The molecule has 0 heterocycles. The SMILES string of the molecule is CCC(CNC)C[C@H](NC)C(=O)O. The highest BCUT2D eigenvalue weighted by Gasteiger charge is 2.19. The molecule has 4 nitrogen and oxygen atoms in total. The van der Waals surface area contributed by atoms with Crippen LogP contribution in [0.4, 0.5) is 0 Å². The van der Waals surface area contributed by atoms with E-state index in [1.54, 1.807) is 7.05 Å². The van der Waals surface area contributed by atoms with E-state index in [1.165, 1.54) is 0 Å². The van der Waals surface area contributed by atoms with Gasteiger partial charge in [0.25, 0.3) is 0 Å². The van der Waals surface area contributed by atoms with E-state index in [1.807, 2.05) is 7.05 Å². The molecule has 4 heteroatoms. The van der Waals surface area contributed by atoms with Gasteiger partial charge in [-0.2, -0.15) is 0 Å². The third kappa shape index (κ3) is 4.85. The number of nitrogens with one attached hydrogen (secondary N) is 2. The molecule has 0 saturated carbocycles. The summed E-state index contributed by atoms with van der Waals surface area (Å²) in [5.41, 5.74) is 0. The molecule has 0 rings (SSSR count). The van der Waals surface area contributed by atoms with Gasteiger partial charge in [-0.05, 0) is 33.0 Å². The van der Waals surface area contributed by atoms with Crippen molar-refractivity contribution in [3.63, 3.8) is 0 Å². The zero-order valence-electron chi connectivity index (χ0n) is 8.63. The standard InChI is InChI=1S/C9H20N2O2/c1-4-7(6-10-2)5-8(11-3)9(12)13/h7-8,10-11H,4-6H2,1-3H3,(H,12,13)/t7?,8-/m0/s1. The van der Waals surface area contributed by atoms with Crippen molar-refractivity contribution in [1.82, 2.24) is 10.6 Å². The van der Waals surface area contributed by atoms with Gasteiger partial charge < -0.3 is 15.7 Å². The molecule has 13 heavy (non-hydrogen) atoms. The number of likely N-dealkylation sites (N-methyl/N-ethyl adjacent to an activating group) is 1. The first kappa shape index (κ1) is 12.4. The van der Waals surface area contributed by atoms with Gasteiger partial charge >= 0.3 is 5.97 Å². The summed E-state index contributed by atoms with van der Waals surface area (Å²) in [6.45, 7) is 2.96. The van der Waals surface area contributed by atoms with Crippen LogP contribution in [-0.4, -0.2) is 37.8 Å². The minimum Gasteiger partial charge on any atom is -0.480 e. The molecule has 0 fully saturated rings. The molecule has 0 aliphatic carbocycles. The first-order chi connectivity index (χ1) is 6.15. The quantitative estimate of drug-likeness (QED) is 0.537. The Morgan fingerprint density at radius 2 is 2.08 bits per heavy atom. The molecule has 0 bridgehead atoms. The number of aliphatic carboxylic acids is 1. The van der Waals surface area contributed by atoms with Crippen molar-refractivity contribution in [2.75, 3.05) is 20.6 Å². The predicted molar refractivity (Wildman–Crippen MR) is 52.8 cm³/mol. The van der Waals surface area contributed by atoms with Crippen molar-refractivity contribution in [1.29, 1.82) is 0 Å². The lowest BCUT2D eigenvalue weighted by Gasteiger charge is -2.18. The van der Waals surface area contributed by atoms with Crippen LogP contribution in [0, 0.1) is 5.92 Å². The smallest absolute Gasteiger partial charge is 0.320 e. The molecule has 0 amide bonds. The first-order valence-electron chi connectivity index (χ1n) is 4.70. The molecule has 0 aromatic carbocycles. The molecule has 0 aromatic rings. The molecule has 1 unspecified atom stereocenters. The van der Waals surface area contributed by atoms with Crippen LogP contribution in [0.2, 0.25) is 0 Å². The fourth-order valence-corrected chi connectivity index (χ4v) is 1.36. The lowest BCUT2D eigenvalue weighted by Crippen LogP contribution is -2.37. The fourth-order valence-electron chi connectivity index (χ4n) is 1.36. The summed E-state index contributed by atoms with van der Waals surface area (Å²) < 4.78 is 0. The Kier molecular flexibility index (Phi) is 6.54. The lowest BCUT2D eigenvalue weighted by molar-refractivity contribution is -0.139. The van der Waals surface area contributed by atoms with E-state index in [4.69, 9.17) is 5.11 Å². The van der Waals surface area contributed by atoms with E-state index in [-0.39, 0.29) is 0 Å². The van der Waals surface area contributed by atoms with Crippen molar-refractivity contribution >= 4 is 5.97 Å². The van der Waals surface area contributed by atoms with Gasteiger partial charge in [0.2, 0.25) is 0 Å². The van der Waals surface area contributed by atoms with Crippen LogP contribution < -0.4 is 10.6 Å². The Bertz CT molecular complexity index is 151. The monoisotopic (exact) mass is 188 g/mol. The summed E-state index contributed by atoms with van der Waals surface area (Å²) in [5.74, 6) is -0.337. The zero-order valence-corrected chi connectivity index (χ0v) is 8.63. The Balaban J connectivity index is 3.95. The Morgan fingerprint density at radius 1 is 1.46 bits per heavy atom. The van der Waals surface area contributed by atoms with Crippen molar-refractivity contribution in [2.24, 2.45) is 5.92 Å². The van der Waals surface area contributed by atoms with Crippen molar-refractivity contribution < 1.29 is 9.90 Å². The highest BCUT2D eigenvalue weighted by atomic mass is 16.4. The largest absolute Gasteiger partial charge is 0.480 e. The summed E-state index contributed by atoms with van der Waals surface area (Å²) in [5, 5.41) is 14.7. The number of hydrogen-bond acceptors (Lipinski definition) is 3. The van der Waals surface area contributed by atoms with Crippen LogP contribution in [0.5, 0.6) is 0 Å². The number of rotatable bonds is 7. The predicted octanol–water partition coefficient (Wildman–Crippen LogP) is 0.295.